The second kappa shape index (κ2) is 7.64. The third-order valence-corrected chi connectivity index (χ3v) is 3.47. The highest BCUT2D eigenvalue weighted by atomic mass is 16.6. The molecule has 0 aromatic heterocycles. The maximum atomic E-state index is 12.2. The highest BCUT2D eigenvalue weighted by Crippen LogP contribution is 2.16. The Morgan fingerprint density at radius 3 is 2.57 bits per heavy atom. The second-order valence-corrected chi connectivity index (χ2v) is 6.58. The zero-order valence-electron chi connectivity index (χ0n) is 13.5. The van der Waals surface area contributed by atoms with E-state index in [9.17, 15) is 9.59 Å². The molecule has 0 spiro atoms. The number of carboxylic acids is 1. The molecule has 21 heavy (non-hydrogen) atoms. The van der Waals surface area contributed by atoms with E-state index in [4.69, 9.17) is 9.84 Å². The van der Waals surface area contributed by atoms with E-state index >= 15 is 0 Å². The number of aliphatic carboxylic acids is 1. The lowest BCUT2D eigenvalue weighted by Crippen LogP contribution is -2.49. The van der Waals surface area contributed by atoms with Crippen molar-refractivity contribution in [3.05, 3.63) is 0 Å². The largest absolute Gasteiger partial charge is 0.480 e. The van der Waals surface area contributed by atoms with Crippen LogP contribution in [0.5, 0.6) is 0 Å². The fourth-order valence-electron chi connectivity index (χ4n) is 2.42. The number of hydrogen-bond donors (Lipinski definition) is 2. The van der Waals surface area contributed by atoms with Crippen molar-refractivity contribution in [2.75, 3.05) is 13.1 Å². The first-order valence-electron chi connectivity index (χ1n) is 7.69. The SMILES string of the molecule is CCC(NC1CCCCN(C(=O)OC(C)(C)C)C1)C(=O)O. The Balaban J connectivity index is 2.63. The van der Waals surface area contributed by atoms with E-state index < -0.39 is 17.6 Å². The van der Waals surface area contributed by atoms with E-state index in [2.05, 4.69) is 5.32 Å². The predicted octanol–water partition coefficient (Wildman–Crippen LogP) is 2.23. The smallest absolute Gasteiger partial charge is 0.410 e. The van der Waals surface area contributed by atoms with Crippen molar-refractivity contribution >= 4 is 12.1 Å². The van der Waals surface area contributed by atoms with E-state index in [1.165, 1.54) is 0 Å². The van der Waals surface area contributed by atoms with Gasteiger partial charge >= 0.3 is 12.1 Å². The first-order chi connectivity index (χ1) is 9.73. The van der Waals surface area contributed by atoms with Crippen molar-refractivity contribution in [2.24, 2.45) is 0 Å². The van der Waals surface area contributed by atoms with E-state index in [-0.39, 0.29) is 12.1 Å². The number of rotatable bonds is 4. The van der Waals surface area contributed by atoms with Crippen molar-refractivity contribution in [2.45, 2.75) is 71.1 Å². The van der Waals surface area contributed by atoms with Crippen LogP contribution < -0.4 is 5.32 Å². The molecule has 1 saturated heterocycles. The zero-order valence-corrected chi connectivity index (χ0v) is 13.5. The van der Waals surface area contributed by atoms with Crippen LogP contribution in [0.2, 0.25) is 0 Å². The highest BCUT2D eigenvalue weighted by molar-refractivity contribution is 5.73. The lowest BCUT2D eigenvalue weighted by Gasteiger charge is -2.29. The van der Waals surface area contributed by atoms with Gasteiger partial charge in [0.05, 0.1) is 0 Å². The van der Waals surface area contributed by atoms with Gasteiger partial charge in [-0.2, -0.15) is 0 Å². The number of likely N-dealkylation sites (tertiary alicyclic amines) is 1. The summed E-state index contributed by atoms with van der Waals surface area (Å²) in [6, 6.07) is -0.561. The van der Waals surface area contributed by atoms with Gasteiger partial charge in [0.15, 0.2) is 0 Å². The number of carbonyl (C=O) groups is 2. The molecule has 1 aliphatic rings. The molecule has 0 bridgehead atoms. The summed E-state index contributed by atoms with van der Waals surface area (Å²) in [6.07, 6.45) is 2.98. The predicted molar refractivity (Wildman–Crippen MR) is 80.3 cm³/mol. The van der Waals surface area contributed by atoms with Gasteiger partial charge in [-0.15, -0.1) is 0 Å². The van der Waals surface area contributed by atoms with E-state index in [0.717, 1.165) is 19.3 Å². The van der Waals surface area contributed by atoms with Crippen LogP contribution in [0.1, 0.15) is 53.4 Å². The number of ether oxygens (including phenoxy) is 1. The average Bonchev–Trinajstić information content (AvgIpc) is 2.58. The average molecular weight is 300 g/mol. The topological polar surface area (TPSA) is 78.9 Å². The quantitative estimate of drug-likeness (QED) is 0.832. The van der Waals surface area contributed by atoms with E-state index in [0.29, 0.717) is 19.5 Å². The first kappa shape index (κ1) is 17.8. The van der Waals surface area contributed by atoms with Crippen molar-refractivity contribution in [3.63, 3.8) is 0 Å². The van der Waals surface area contributed by atoms with Crippen molar-refractivity contribution in [3.8, 4) is 0 Å². The van der Waals surface area contributed by atoms with Crippen molar-refractivity contribution in [1.82, 2.24) is 10.2 Å². The maximum Gasteiger partial charge on any atom is 0.410 e. The van der Waals surface area contributed by atoms with E-state index in [1.54, 1.807) is 4.90 Å². The molecular weight excluding hydrogens is 272 g/mol. The summed E-state index contributed by atoms with van der Waals surface area (Å²) >= 11 is 0. The normalized spacial score (nSPS) is 21.5. The van der Waals surface area contributed by atoms with Gasteiger partial charge < -0.3 is 14.7 Å². The minimum Gasteiger partial charge on any atom is -0.480 e. The molecular formula is C15H28N2O4. The summed E-state index contributed by atoms with van der Waals surface area (Å²) in [4.78, 5) is 25.0. The third-order valence-electron chi connectivity index (χ3n) is 3.47. The summed E-state index contributed by atoms with van der Waals surface area (Å²) < 4.78 is 5.40. The molecule has 6 nitrogen and oxygen atoms in total. The van der Waals surface area contributed by atoms with Gasteiger partial charge in [-0.3, -0.25) is 10.1 Å². The molecule has 0 radical (unpaired) electrons. The van der Waals surface area contributed by atoms with Crippen molar-refractivity contribution in [1.29, 1.82) is 0 Å². The lowest BCUT2D eigenvalue weighted by molar-refractivity contribution is -0.139. The van der Waals surface area contributed by atoms with E-state index in [1.807, 2.05) is 27.7 Å². The Hall–Kier alpha value is -1.30. The van der Waals surface area contributed by atoms with Gasteiger partial charge in [0, 0.05) is 19.1 Å². The van der Waals surface area contributed by atoms with Crippen LogP contribution in [-0.4, -0.2) is 52.8 Å². The van der Waals surface area contributed by atoms with Crippen LogP contribution in [0.4, 0.5) is 4.79 Å². The van der Waals surface area contributed by atoms with Crippen LogP contribution in [0.25, 0.3) is 0 Å². The fraction of sp³-hybridized carbons (Fsp3) is 0.867. The monoisotopic (exact) mass is 300 g/mol. The molecule has 2 N–H and O–H groups in total. The standard InChI is InChI=1S/C15H28N2O4/c1-5-12(13(18)19)16-11-8-6-7-9-17(10-11)14(20)21-15(2,3)4/h11-12,16H,5-10H2,1-4H3,(H,18,19). The molecule has 6 heteroatoms. The van der Waals surface area contributed by atoms with Crippen LogP contribution in [0, 0.1) is 0 Å². The van der Waals surface area contributed by atoms with Gasteiger partial charge in [0.2, 0.25) is 0 Å². The number of amides is 1. The number of hydrogen-bond acceptors (Lipinski definition) is 4. The number of nitrogens with zero attached hydrogens (tertiary/aromatic N) is 1. The molecule has 0 aromatic carbocycles. The summed E-state index contributed by atoms with van der Waals surface area (Å²) in [5.41, 5.74) is -0.515. The number of nitrogens with one attached hydrogen (secondary N) is 1. The Kier molecular flexibility index (Phi) is 6.45. The number of carbonyl (C=O) groups excluding carboxylic acids is 1. The number of carboxylic acid groups (broad SMARTS) is 1. The van der Waals surface area contributed by atoms with Gasteiger partial charge in [-0.1, -0.05) is 13.3 Å². The molecule has 0 saturated carbocycles. The summed E-state index contributed by atoms with van der Waals surface area (Å²) in [7, 11) is 0. The minimum atomic E-state index is -0.842. The van der Waals surface area contributed by atoms with Gasteiger partial charge in [-0.05, 0) is 40.0 Å². The molecule has 2 unspecified atom stereocenters. The molecule has 2 atom stereocenters. The van der Waals surface area contributed by atoms with Gasteiger partial charge in [-0.25, -0.2) is 4.79 Å². The summed E-state index contributed by atoms with van der Waals surface area (Å²) in [5, 5.41) is 12.3. The second-order valence-electron chi connectivity index (χ2n) is 6.58. The van der Waals surface area contributed by atoms with Gasteiger partial charge in [0.1, 0.15) is 11.6 Å². The summed E-state index contributed by atoms with van der Waals surface area (Å²) in [6.45, 7) is 8.53. The van der Waals surface area contributed by atoms with Crippen LogP contribution in [0.15, 0.2) is 0 Å². The highest BCUT2D eigenvalue weighted by Gasteiger charge is 2.28. The minimum absolute atomic E-state index is 0.000989. The lowest BCUT2D eigenvalue weighted by atomic mass is 10.1. The molecule has 0 aromatic rings. The molecule has 1 heterocycles. The maximum absolute atomic E-state index is 12.2. The Morgan fingerprint density at radius 2 is 2.05 bits per heavy atom. The molecule has 1 rings (SSSR count). The molecule has 1 fully saturated rings. The zero-order chi connectivity index (χ0) is 16.0. The Bertz CT molecular complexity index is 365. The molecule has 122 valence electrons. The molecule has 1 amide bonds. The Labute approximate surface area is 126 Å². The van der Waals surface area contributed by atoms with Crippen LogP contribution >= 0.6 is 0 Å². The molecule has 0 aliphatic carbocycles. The van der Waals surface area contributed by atoms with Crippen LogP contribution in [-0.2, 0) is 9.53 Å². The van der Waals surface area contributed by atoms with Gasteiger partial charge in [0.25, 0.3) is 0 Å². The summed E-state index contributed by atoms with van der Waals surface area (Å²) in [5.74, 6) is -0.842. The third kappa shape index (κ3) is 6.33. The molecule has 1 aliphatic heterocycles. The first-order valence-corrected chi connectivity index (χ1v) is 7.69. The van der Waals surface area contributed by atoms with Crippen LogP contribution in [0.3, 0.4) is 0 Å². The van der Waals surface area contributed by atoms with Crippen molar-refractivity contribution < 1.29 is 19.4 Å². The Morgan fingerprint density at radius 1 is 1.38 bits per heavy atom. The fourth-order valence-corrected chi connectivity index (χ4v) is 2.42.